The van der Waals surface area contributed by atoms with Gasteiger partial charge in [-0.3, -0.25) is 9.59 Å². The van der Waals surface area contributed by atoms with Crippen LogP contribution >= 0.6 is 24.2 Å². The number of nitrogens with zero attached hydrogens (tertiary/aromatic N) is 2. The lowest BCUT2D eigenvalue weighted by Gasteiger charge is -2.32. The minimum absolute atomic E-state index is 0. The number of nitrogens with one attached hydrogen (secondary N) is 1. The molecule has 5 nitrogen and oxygen atoms in total. The standard InChI is InChI=1S/C17H29N3O2S.ClH/c21-16(4-3-14-5-7-18-8-6-14)20-9-1-2-15(20)17(22)19-10-12-23-13-11-19;/h14-15,18H,1-13H2;1H. The smallest absolute Gasteiger partial charge is 0.245 e. The van der Waals surface area contributed by atoms with Crippen LogP contribution in [0.15, 0.2) is 0 Å². The highest BCUT2D eigenvalue weighted by atomic mass is 35.5. The lowest BCUT2D eigenvalue weighted by molar-refractivity contribution is -0.143. The van der Waals surface area contributed by atoms with Gasteiger partial charge in [0.05, 0.1) is 0 Å². The molecule has 0 radical (unpaired) electrons. The molecule has 1 atom stereocenters. The Hall–Kier alpha value is -0.460. The first-order valence-electron chi connectivity index (χ1n) is 9.12. The van der Waals surface area contributed by atoms with Crippen molar-refractivity contribution in [3.8, 4) is 0 Å². The van der Waals surface area contributed by atoms with Gasteiger partial charge < -0.3 is 15.1 Å². The molecule has 3 saturated heterocycles. The molecule has 0 aliphatic carbocycles. The van der Waals surface area contributed by atoms with Gasteiger partial charge in [-0.1, -0.05) is 0 Å². The maximum absolute atomic E-state index is 12.7. The molecular weight excluding hydrogens is 346 g/mol. The maximum atomic E-state index is 12.7. The van der Waals surface area contributed by atoms with Crippen molar-refractivity contribution in [2.24, 2.45) is 5.92 Å². The van der Waals surface area contributed by atoms with Crippen molar-refractivity contribution in [3.05, 3.63) is 0 Å². The number of carbonyl (C=O) groups is 2. The molecule has 0 spiro atoms. The zero-order valence-corrected chi connectivity index (χ0v) is 16.0. The first-order chi connectivity index (χ1) is 11.3. The fourth-order valence-corrected chi connectivity index (χ4v) is 4.86. The van der Waals surface area contributed by atoms with Crippen molar-refractivity contribution in [1.29, 1.82) is 0 Å². The molecule has 3 fully saturated rings. The van der Waals surface area contributed by atoms with Crippen molar-refractivity contribution in [2.75, 3.05) is 44.2 Å². The number of likely N-dealkylation sites (tertiary alicyclic amines) is 1. The Balaban J connectivity index is 0.00000208. The highest BCUT2D eigenvalue weighted by Gasteiger charge is 2.36. The molecule has 24 heavy (non-hydrogen) atoms. The van der Waals surface area contributed by atoms with Gasteiger partial charge in [-0.25, -0.2) is 0 Å². The van der Waals surface area contributed by atoms with Crippen molar-refractivity contribution in [3.63, 3.8) is 0 Å². The van der Waals surface area contributed by atoms with Gasteiger partial charge in [0.25, 0.3) is 0 Å². The average molecular weight is 376 g/mol. The third kappa shape index (κ3) is 5.02. The fourth-order valence-electron chi connectivity index (χ4n) is 3.96. The van der Waals surface area contributed by atoms with E-state index >= 15 is 0 Å². The van der Waals surface area contributed by atoms with Crippen LogP contribution in [0.2, 0.25) is 0 Å². The molecular formula is C17H30ClN3O2S. The Morgan fingerprint density at radius 2 is 1.75 bits per heavy atom. The van der Waals surface area contributed by atoms with Crippen LogP contribution in [0.3, 0.4) is 0 Å². The van der Waals surface area contributed by atoms with Crippen LogP contribution < -0.4 is 5.32 Å². The molecule has 0 bridgehead atoms. The molecule has 3 heterocycles. The monoisotopic (exact) mass is 375 g/mol. The van der Waals surface area contributed by atoms with E-state index in [2.05, 4.69) is 5.32 Å². The van der Waals surface area contributed by atoms with E-state index in [1.807, 2.05) is 21.6 Å². The van der Waals surface area contributed by atoms with Gasteiger partial charge in [-0.2, -0.15) is 11.8 Å². The molecule has 1 unspecified atom stereocenters. The molecule has 0 aromatic carbocycles. The number of halogens is 1. The topological polar surface area (TPSA) is 52.7 Å². The van der Waals surface area contributed by atoms with Gasteiger partial charge in [-0.15, -0.1) is 12.4 Å². The number of piperidine rings is 1. The summed E-state index contributed by atoms with van der Waals surface area (Å²) >= 11 is 1.91. The van der Waals surface area contributed by atoms with Crippen LogP contribution in [-0.2, 0) is 9.59 Å². The number of amides is 2. The summed E-state index contributed by atoms with van der Waals surface area (Å²) in [7, 11) is 0. The molecule has 3 rings (SSSR count). The number of hydrogen-bond acceptors (Lipinski definition) is 4. The van der Waals surface area contributed by atoms with Crippen molar-refractivity contribution >= 4 is 36.0 Å². The Morgan fingerprint density at radius 3 is 2.46 bits per heavy atom. The number of hydrogen-bond donors (Lipinski definition) is 1. The lowest BCUT2D eigenvalue weighted by Crippen LogP contribution is -2.50. The summed E-state index contributed by atoms with van der Waals surface area (Å²) in [6.07, 6.45) is 5.78. The zero-order chi connectivity index (χ0) is 16.1. The Bertz CT molecular complexity index is 426. The van der Waals surface area contributed by atoms with Gasteiger partial charge in [0, 0.05) is 37.6 Å². The van der Waals surface area contributed by atoms with E-state index in [0.29, 0.717) is 12.3 Å². The first kappa shape index (κ1) is 19.9. The number of carbonyl (C=O) groups excluding carboxylic acids is 2. The molecule has 2 amide bonds. The number of thioether (sulfide) groups is 1. The lowest BCUT2D eigenvalue weighted by atomic mass is 9.93. The molecule has 3 aliphatic rings. The predicted molar refractivity (Wildman–Crippen MR) is 101 cm³/mol. The maximum Gasteiger partial charge on any atom is 0.245 e. The van der Waals surface area contributed by atoms with Gasteiger partial charge in [0.2, 0.25) is 11.8 Å². The average Bonchev–Trinajstić information content (AvgIpc) is 3.10. The van der Waals surface area contributed by atoms with E-state index < -0.39 is 0 Å². The van der Waals surface area contributed by atoms with Gasteiger partial charge in [0.1, 0.15) is 6.04 Å². The van der Waals surface area contributed by atoms with Crippen LogP contribution in [0.25, 0.3) is 0 Å². The summed E-state index contributed by atoms with van der Waals surface area (Å²) in [4.78, 5) is 29.2. The van der Waals surface area contributed by atoms with Crippen LogP contribution in [-0.4, -0.2) is 71.9 Å². The second-order valence-corrected chi connectivity index (χ2v) is 8.14. The van der Waals surface area contributed by atoms with E-state index in [1.165, 1.54) is 12.8 Å². The molecule has 0 aromatic heterocycles. The second-order valence-electron chi connectivity index (χ2n) is 6.91. The summed E-state index contributed by atoms with van der Waals surface area (Å²) in [6, 6.07) is -0.182. The van der Waals surface area contributed by atoms with E-state index in [4.69, 9.17) is 0 Å². The number of rotatable bonds is 4. The third-order valence-corrected chi connectivity index (χ3v) is 6.35. The third-order valence-electron chi connectivity index (χ3n) is 5.41. The molecule has 0 aromatic rings. The fraction of sp³-hybridized carbons (Fsp3) is 0.882. The molecule has 0 saturated carbocycles. The van der Waals surface area contributed by atoms with Crippen molar-refractivity contribution in [1.82, 2.24) is 15.1 Å². The predicted octanol–water partition coefficient (Wildman–Crippen LogP) is 1.75. The van der Waals surface area contributed by atoms with E-state index in [0.717, 1.165) is 63.5 Å². The minimum atomic E-state index is -0.182. The summed E-state index contributed by atoms with van der Waals surface area (Å²) < 4.78 is 0. The van der Waals surface area contributed by atoms with Crippen LogP contribution in [0.4, 0.5) is 0 Å². The normalized spacial score (nSPS) is 25.4. The second kappa shape index (κ2) is 9.88. The zero-order valence-electron chi connectivity index (χ0n) is 14.4. The Labute approximate surface area is 155 Å². The Morgan fingerprint density at radius 1 is 1.04 bits per heavy atom. The molecule has 138 valence electrons. The molecule has 1 N–H and O–H groups in total. The van der Waals surface area contributed by atoms with Crippen molar-refractivity contribution in [2.45, 2.75) is 44.6 Å². The minimum Gasteiger partial charge on any atom is -0.339 e. The van der Waals surface area contributed by atoms with Crippen LogP contribution in [0.1, 0.15) is 38.5 Å². The summed E-state index contributed by atoms with van der Waals surface area (Å²) in [5.41, 5.74) is 0. The van der Waals surface area contributed by atoms with Gasteiger partial charge in [-0.05, 0) is 51.1 Å². The van der Waals surface area contributed by atoms with E-state index in [9.17, 15) is 9.59 Å². The molecule has 7 heteroatoms. The van der Waals surface area contributed by atoms with Crippen molar-refractivity contribution < 1.29 is 9.59 Å². The van der Waals surface area contributed by atoms with E-state index in [1.54, 1.807) is 0 Å². The summed E-state index contributed by atoms with van der Waals surface area (Å²) in [5, 5.41) is 3.37. The van der Waals surface area contributed by atoms with Crippen LogP contribution in [0, 0.1) is 5.92 Å². The summed E-state index contributed by atoms with van der Waals surface area (Å²) in [5.74, 6) is 3.13. The van der Waals surface area contributed by atoms with Crippen LogP contribution in [0.5, 0.6) is 0 Å². The summed E-state index contributed by atoms with van der Waals surface area (Å²) in [6.45, 7) is 4.62. The first-order valence-corrected chi connectivity index (χ1v) is 10.3. The van der Waals surface area contributed by atoms with E-state index in [-0.39, 0.29) is 30.3 Å². The largest absolute Gasteiger partial charge is 0.339 e. The highest BCUT2D eigenvalue weighted by Crippen LogP contribution is 2.24. The Kier molecular flexibility index (Phi) is 8.17. The highest BCUT2D eigenvalue weighted by molar-refractivity contribution is 7.99. The van der Waals surface area contributed by atoms with Gasteiger partial charge >= 0.3 is 0 Å². The quantitative estimate of drug-likeness (QED) is 0.813. The molecule has 3 aliphatic heterocycles. The SMILES string of the molecule is Cl.O=C(C1CCCN1C(=O)CCC1CCNCC1)N1CCSCC1. The van der Waals surface area contributed by atoms with Gasteiger partial charge in [0.15, 0.2) is 0 Å².